The Labute approximate surface area is 142 Å². The number of ether oxygens (including phenoxy) is 1. The lowest BCUT2D eigenvalue weighted by atomic mass is 10.1. The third kappa shape index (κ3) is 2.61. The van der Waals surface area contributed by atoms with Crippen LogP contribution in [0.4, 0.5) is 0 Å². The van der Waals surface area contributed by atoms with Crippen LogP contribution in [0.2, 0.25) is 0 Å². The van der Waals surface area contributed by atoms with E-state index in [2.05, 4.69) is 15.9 Å². The third-order valence-corrected chi connectivity index (χ3v) is 4.40. The van der Waals surface area contributed by atoms with Gasteiger partial charge in [0.05, 0.1) is 22.2 Å². The van der Waals surface area contributed by atoms with Gasteiger partial charge in [-0.15, -0.1) is 0 Å². The van der Waals surface area contributed by atoms with E-state index in [9.17, 15) is 9.90 Å². The SMILES string of the molecule is CCOC(=O)c1c(C)n(-c2ccccc2)c2cc(Br)c(O)cc12. The number of fused-ring (bicyclic) bond motifs is 1. The number of phenolic OH excluding ortho intramolecular Hbond substituents is 1. The first-order chi connectivity index (χ1) is 11.0. The summed E-state index contributed by atoms with van der Waals surface area (Å²) in [6.45, 7) is 3.96. The van der Waals surface area contributed by atoms with Gasteiger partial charge in [0, 0.05) is 16.8 Å². The Bertz CT molecular complexity index is 884. The smallest absolute Gasteiger partial charge is 0.340 e. The molecule has 0 unspecified atom stereocenters. The molecule has 1 aromatic heterocycles. The van der Waals surface area contributed by atoms with Crippen molar-refractivity contribution in [2.45, 2.75) is 13.8 Å². The molecule has 5 heteroatoms. The van der Waals surface area contributed by atoms with Crippen LogP contribution in [0.25, 0.3) is 16.6 Å². The van der Waals surface area contributed by atoms with Gasteiger partial charge in [-0.05, 0) is 54.0 Å². The minimum absolute atomic E-state index is 0.0910. The molecular formula is C18H16BrNO3. The number of rotatable bonds is 3. The summed E-state index contributed by atoms with van der Waals surface area (Å²) in [5.74, 6) is -0.292. The molecule has 1 N–H and O–H groups in total. The second-order valence-electron chi connectivity index (χ2n) is 5.17. The van der Waals surface area contributed by atoms with Gasteiger partial charge in [0.25, 0.3) is 0 Å². The molecule has 4 nitrogen and oxygen atoms in total. The Morgan fingerprint density at radius 1 is 1.26 bits per heavy atom. The lowest BCUT2D eigenvalue weighted by molar-refractivity contribution is 0.0527. The molecule has 0 aliphatic carbocycles. The van der Waals surface area contributed by atoms with Crippen molar-refractivity contribution in [1.82, 2.24) is 4.57 Å². The number of hydrogen-bond acceptors (Lipinski definition) is 3. The number of benzene rings is 2. The maximum atomic E-state index is 12.4. The van der Waals surface area contributed by atoms with Crippen LogP contribution in [0, 0.1) is 6.92 Å². The topological polar surface area (TPSA) is 51.5 Å². The molecule has 0 saturated heterocycles. The Balaban J connectivity index is 2.38. The van der Waals surface area contributed by atoms with Crippen LogP contribution in [-0.4, -0.2) is 22.2 Å². The zero-order chi connectivity index (χ0) is 16.6. The van der Waals surface area contributed by atoms with E-state index >= 15 is 0 Å². The molecule has 3 aromatic rings. The number of nitrogens with zero attached hydrogens (tertiary/aromatic N) is 1. The summed E-state index contributed by atoms with van der Waals surface area (Å²) in [6.07, 6.45) is 0. The molecule has 0 atom stereocenters. The predicted molar refractivity (Wildman–Crippen MR) is 93.3 cm³/mol. The van der Waals surface area contributed by atoms with E-state index in [-0.39, 0.29) is 11.7 Å². The Kier molecular flexibility index (Phi) is 4.13. The van der Waals surface area contributed by atoms with Crippen LogP contribution in [0.1, 0.15) is 23.0 Å². The second-order valence-corrected chi connectivity index (χ2v) is 6.03. The number of esters is 1. The zero-order valence-electron chi connectivity index (χ0n) is 12.8. The largest absolute Gasteiger partial charge is 0.507 e. The first kappa shape index (κ1) is 15.6. The molecule has 1 heterocycles. The second kappa shape index (κ2) is 6.08. The summed E-state index contributed by atoms with van der Waals surface area (Å²) < 4.78 is 7.76. The van der Waals surface area contributed by atoms with E-state index in [1.165, 1.54) is 0 Å². The van der Waals surface area contributed by atoms with Crippen LogP contribution in [-0.2, 0) is 4.74 Å². The summed E-state index contributed by atoms with van der Waals surface area (Å²) in [4.78, 5) is 12.4. The molecule has 0 fully saturated rings. The molecule has 0 aliphatic rings. The molecule has 3 rings (SSSR count). The molecule has 2 aromatic carbocycles. The van der Waals surface area contributed by atoms with Gasteiger partial charge < -0.3 is 14.4 Å². The van der Waals surface area contributed by atoms with Gasteiger partial charge in [0.1, 0.15) is 5.75 Å². The highest BCUT2D eigenvalue weighted by Gasteiger charge is 2.23. The summed E-state index contributed by atoms with van der Waals surface area (Å²) in [5.41, 5.74) is 3.04. The number of hydrogen-bond donors (Lipinski definition) is 1. The maximum absolute atomic E-state index is 12.4. The van der Waals surface area contributed by atoms with Crippen molar-refractivity contribution in [3.8, 4) is 11.4 Å². The number of carbonyl (C=O) groups is 1. The van der Waals surface area contributed by atoms with E-state index in [1.807, 2.05) is 47.9 Å². The summed E-state index contributed by atoms with van der Waals surface area (Å²) >= 11 is 3.35. The number of halogens is 1. The number of aromatic nitrogens is 1. The number of para-hydroxylation sites is 1. The van der Waals surface area contributed by atoms with Gasteiger partial charge in [-0.2, -0.15) is 0 Å². The monoisotopic (exact) mass is 373 g/mol. The number of aromatic hydroxyl groups is 1. The van der Waals surface area contributed by atoms with Crippen molar-refractivity contribution in [1.29, 1.82) is 0 Å². The van der Waals surface area contributed by atoms with Gasteiger partial charge in [-0.3, -0.25) is 0 Å². The van der Waals surface area contributed by atoms with E-state index in [4.69, 9.17) is 4.74 Å². The standard InChI is InChI=1S/C18H16BrNO3/c1-3-23-18(22)17-11(2)20(12-7-5-4-6-8-12)15-10-14(19)16(21)9-13(15)17/h4-10,21H,3H2,1-2H3. The highest BCUT2D eigenvalue weighted by molar-refractivity contribution is 9.10. The Morgan fingerprint density at radius 2 is 1.96 bits per heavy atom. The van der Waals surface area contributed by atoms with Crippen LogP contribution >= 0.6 is 15.9 Å². The zero-order valence-corrected chi connectivity index (χ0v) is 14.4. The minimum atomic E-state index is -0.383. The summed E-state index contributed by atoms with van der Waals surface area (Å²) in [7, 11) is 0. The Hall–Kier alpha value is -2.27. The highest BCUT2D eigenvalue weighted by atomic mass is 79.9. The van der Waals surface area contributed by atoms with Crippen molar-refractivity contribution < 1.29 is 14.6 Å². The fourth-order valence-electron chi connectivity index (χ4n) is 2.79. The third-order valence-electron chi connectivity index (χ3n) is 3.77. The fourth-order valence-corrected chi connectivity index (χ4v) is 3.13. The summed E-state index contributed by atoms with van der Waals surface area (Å²) in [6, 6.07) is 13.2. The molecule has 118 valence electrons. The molecule has 0 saturated carbocycles. The van der Waals surface area contributed by atoms with Gasteiger partial charge in [-0.1, -0.05) is 18.2 Å². The van der Waals surface area contributed by atoms with E-state index in [0.29, 0.717) is 22.0 Å². The van der Waals surface area contributed by atoms with Crippen LogP contribution in [0.5, 0.6) is 5.75 Å². The van der Waals surface area contributed by atoms with Crippen molar-refractivity contribution in [3.05, 3.63) is 58.2 Å². The van der Waals surface area contributed by atoms with Crippen molar-refractivity contribution in [2.75, 3.05) is 6.61 Å². The van der Waals surface area contributed by atoms with E-state index in [0.717, 1.165) is 16.9 Å². The molecular weight excluding hydrogens is 358 g/mol. The summed E-state index contributed by atoms with van der Waals surface area (Å²) in [5, 5.41) is 10.7. The average molecular weight is 374 g/mol. The van der Waals surface area contributed by atoms with Gasteiger partial charge in [0.15, 0.2) is 0 Å². The van der Waals surface area contributed by atoms with E-state index < -0.39 is 0 Å². The predicted octanol–water partition coefficient (Wildman–Crippen LogP) is 4.58. The normalized spacial score (nSPS) is 10.9. The lowest BCUT2D eigenvalue weighted by Gasteiger charge is -2.09. The van der Waals surface area contributed by atoms with Gasteiger partial charge >= 0.3 is 5.97 Å². The fraction of sp³-hybridized carbons (Fsp3) is 0.167. The molecule has 0 radical (unpaired) electrons. The lowest BCUT2D eigenvalue weighted by Crippen LogP contribution is -2.07. The first-order valence-corrected chi connectivity index (χ1v) is 8.10. The molecule has 0 aliphatic heterocycles. The molecule has 0 amide bonds. The molecule has 23 heavy (non-hydrogen) atoms. The number of phenols is 1. The Morgan fingerprint density at radius 3 is 2.61 bits per heavy atom. The van der Waals surface area contributed by atoms with Crippen LogP contribution < -0.4 is 0 Å². The van der Waals surface area contributed by atoms with Crippen LogP contribution in [0.3, 0.4) is 0 Å². The van der Waals surface area contributed by atoms with Gasteiger partial charge in [0.2, 0.25) is 0 Å². The van der Waals surface area contributed by atoms with Crippen molar-refractivity contribution in [2.24, 2.45) is 0 Å². The average Bonchev–Trinajstić information content (AvgIpc) is 2.80. The quantitative estimate of drug-likeness (QED) is 0.683. The highest BCUT2D eigenvalue weighted by Crippen LogP contribution is 2.36. The maximum Gasteiger partial charge on any atom is 0.340 e. The number of carbonyl (C=O) groups excluding carboxylic acids is 1. The van der Waals surface area contributed by atoms with E-state index in [1.54, 1.807) is 13.0 Å². The van der Waals surface area contributed by atoms with Crippen molar-refractivity contribution in [3.63, 3.8) is 0 Å². The van der Waals surface area contributed by atoms with Crippen molar-refractivity contribution >= 4 is 32.8 Å². The minimum Gasteiger partial charge on any atom is -0.507 e. The van der Waals surface area contributed by atoms with Gasteiger partial charge in [-0.25, -0.2) is 4.79 Å². The first-order valence-electron chi connectivity index (χ1n) is 7.30. The molecule has 0 spiro atoms. The molecule has 0 bridgehead atoms. The van der Waals surface area contributed by atoms with Crippen LogP contribution in [0.15, 0.2) is 46.9 Å².